The molecule has 0 unspecified atom stereocenters. The standard InChI is InChI=1S/C25H19N3O/c1-16-6-4-9-19-21(15-27-24(16)19)25(29)20-8-2-3-10-23(20)28-18-11-12-22-17(14-18)7-5-13-26-22/h2-15,27-28H,1H3. The smallest absolute Gasteiger partial charge is 0.197 e. The predicted molar refractivity (Wildman–Crippen MR) is 118 cm³/mol. The molecule has 0 saturated carbocycles. The average Bonchev–Trinajstić information content (AvgIpc) is 3.19. The zero-order valence-electron chi connectivity index (χ0n) is 15.9. The molecule has 0 saturated heterocycles. The van der Waals surface area contributed by atoms with E-state index in [2.05, 4.69) is 15.3 Å². The van der Waals surface area contributed by atoms with Crippen LogP contribution in [0.3, 0.4) is 0 Å². The van der Waals surface area contributed by atoms with Crippen LogP contribution in [0.4, 0.5) is 11.4 Å². The van der Waals surface area contributed by atoms with Crippen LogP contribution in [0.25, 0.3) is 21.8 Å². The summed E-state index contributed by atoms with van der Waals surface area (Å²) in [6, 6.07) is 23.6. The highest BCUT2D eigenvalue weighted by Crippen LogP contribution is 2.28. The maximum Gasteiger partial charge on any atom is 0.197 e. The number of pyridine rings is 1. The molecule has 3 aromatic carbocycles. The number of benzene rings is 3. The van der Waals surface area contributed by atoms with Gasteiger partial charge in [0.25, 0.3) is 0 Å². The average molecular weight is 377 g/mol. The van der Waals surface area contributed by atoms with E-state index >= 15 is 0 Å². The van der Waals surface area contributed by atoms with Gasteiger partial charge in [-0.05, 0) is 48.9 Å². The maximum atomic E-state index is 13.4. The molecule has 0 aliphatic rings. The molecule has 0 radical (unpaired) electrons. The summed E-state index contributed by atoms with van der Waals surface area (Å²) in [5, 5.41) is 5.40. The number of carbonyl (C=O) groups excluding carboxylic acids is 1. The molecule has 0 aliphatic carbocycles. The van der Waals surface area contributed by atoms with Crippen LogP contribution in [0.15, 0.2) is 85.2 Å². The summed E-state index contributed by atoms with van der Waals surface area (Å²) < 4.78 is 0. The SMILES string of the molecule is Cc1cccc2c(C(=O)c3ccccc3Nc3ccc4ncccc4c3)c[nH]c12. The molecule has 0 fully saturated rings. The van der Waals surface area contributed by atoms with Crippen molar-refractivity contribution in [3.63, 3.8) is 0 Å². The third kappa shape index (κ3) is 3.05. The predicted octanol–water partition coefficient (Wildman–Crippen LogP) is 6.00. The lowest BCUT2D eigenvalue weighted by Gasteiger charge is -2.12. The van der Waals surface area contributed by atoms with E-state index in [1.165, 1.54) is 0 Å². The van der Waals surface area contributed by atoms with Gasteiger partial charge in [0.1, 0.15) is 0 Å². The van der Waals surface area contributed by atoms with Crippen molar-refractivity contribution in [2.24, 2.45) is 0 Å². The lowest BCUT2D eigenvalue weighted by atomic mass is 10.00. The van der Waals surface area contributed by atoms with Crippen LogP contribution in [0.5, 0.6) is 0 Å². The largest absolute Gasteiger partial charge is 0.360 e. The van der Waals surface area contributed by atoms with Crippen LogP contribution in [0.2, 0.25) is 0 Å². The summed E-state index contributed by atoms with van der Waals surface area (Å²) >= 11 is 0. The Morgan fingerprint density at radius 3 is 2.76 bits per heavy atom. The number of hydrogen-bond acceptors (Lipinski definition) is 3. The summed E-state index contributed by atoms with van der Waals surface area (Å²) in [7, 11) is 0. The van der Waals surface area contributed by atoms with Gasteiger partial charge in [-0.1, -0.05) is 36.4 Å². The van der Waals surface area contributed by atoms with E-state index in [0.717, 1.165) is 38.7 Å². The minimum absolute atomic E-state index is 0.00703. The van der Waals surface area contributed by atoms with Crippen molar-refractivity contribution >= 4 is 39.0 Å². The molecule has 0 aliphatic heterocycles. The second-order valence-corrected chi connectivity index (χ2v) is 7.11. The molecule has 0 spiro atoms. The van der Waals surface area contributed by atoms with Crippen molar-refractivity contribution in [1.29, 1.82) is 0 Å². The molecule has 5 rings (SSSR count). The molecule has 0 atom stereocenters. The van der Waals surface area contributed by atoms with Gasteiger partial charge in [0.2, 0.25) is 0 Å². The molecule has 2 N–H and O–H groups in total. The third-order valence-corrected chi connectivity index (χ3v) is 5.22. The Morgan fingerprint density at radius 1 is 0.931 bits per heavy atom. The highest BCUT2D eigenvalue weighted by molar-refractivity contribution is 6.19. The van der Waals surface area contributed by atoms with E-state index in [9.17, 15) is 4.79 Å². The van der Waals surface area contributed by atoms with E-state index in [4.69, 9.17) is 0 Å². The number of aryl methyl sites for hydroxylation is 1. The van der Waals surface area contributed by atoms with Crippen molar-refractivity contribution in [2.45, 2.75) is 6.92 Å². The molecule has 2 heterocycles. The minimum atomic E-state index is -0.00703. The lowest BCUT2D eigenvalue weighted by molar-refractivity contribution is 0.104. The topological polar surface area (TPSA) is 57.8 Å². The van der Waals surface area contributed by atoms with Crippen LogP contribution < -0.4 is 5.32 Å². The van der Waals surface area contributed by atoms with Crippen molar-refractivity contribution in [3.05, 3.63) is 102 Å². The maximum absolute atomic E-state index is 13.4. The molecule has 140 valence electrons. The summed E-state index contributed by atoms with van der Waals surface area (Å²) in [6.07, 6.45) is 3.59. The first kappa shape index (κ1) is 17.2. The third-order valence-electron chi connectivity index (χ3n) is 5.22. The number of hydrogen-bond donors (Lipinski definition) is 2. The Morgan fingerprint density at radius 2 is 1.83 bits per heavy atom. The van der Waals surface area contributed by atoms with Gasteiger partial charge in [-0.25, -0.2) is 0 Å². The number of para-hydroxylation sites is 2. The molecular weight excluding hydrogens is 358 g/mol. The van der Waals surface area contributed by atoms with E-state index in [-0.39, 0.29) is 5.78 Å². The van der Waals surface area contributed by atoms with E-state index in [1.54, 1.807) is 12.4 Å². The molecule has 29 heavy (non-hydrogen) atoms. The van der Waals surface area contributed by atoms with E-state index < -0.39 is 0 Å². The van der Waals surface area contributed by atoms with Gasteiger partial charge in [0, 0.05) is 51.2 Å². The minimum Gasteiger partial charge on any atom is -0.360 e. The summed E-state index contributed by atoms with van der Waals surface area (Å²) in [5.74, 6) is -0.00703. The summed E-state index contributed by atoms with van der Waals surface area (Å²) in [5.41, 5.74) is 6.09. The first-order valence-electron chi connectivity index (χ1n) is 9.53. The van der Waals surface area contributed by atoms with Crippen LogP contribution in [-0.2, 0) is 0 Å². The number of carbonyl (C=O) groups is 1. The first-order valence-corrected chi connectivity index (χ1v) is 9.53. The van der Waals surface area contributed by atoms with Crippen molar-refractivity contribution in [2.75, 3.05) is 5.32 Å². The van der Waals surface area contributed by atoms with Crippen molar-refractivity contribution < 1.29 is 4.79 Å². The Balaban J connectivity index is 1.54. The fourth-order valence-electron chi connectivity index (χ4n) is 3.74. The number of aromatic nitrogens is 2. The second kappa shape index (κ2) is 6.91. The van der Waals surface area contributed by atoms with Crippen molar-refractivity contribution in [3.8, 4) is 0 Å². The summed E-state index contributed by atoms with van der Waals surface area (Å²) in [6.45, 7) is 2.04. The van der Waals surface area contributed by atoms with Gasteiger partial charge in [0.15, 0.2) is 5.78 Å². The first-order chi connectivity index (χ1) is 14.2. The second-order valence-electron chi connectivity index (χ2n) is 7.11. The molecule has 2 aromatic heterocycles. The number of fused-ring (bicyclic) bond motifs is 2. The van der Waals surface area contributed by atoms with Crippen LogP contribution >= 0.6 is 0 Å². The fourth-order valence-corrected chi connectivity index (χ4v) is 3.74. The number of H-pyrrole nitrogens is 1. The van der Waals surface area contributed by atoms with E-state index in [1.807, 2.05) is 79.7 Å². The number of rotatable bonds is 4. The number of aromatic amines is 1. The van der Waals surface area contributed by atoms with Gasteiger partial charge in [-0.15, -0.1) is 0 Å². The highest BCUT2D eigenvalue weighted by Gasteiger charge is 2.18. The number of anilines is 2. The van der Waals surface area contributed by atoms with Gasteiger partial charge >= 0.3 is 0 Å². The molecule has 0 bridgehead atoms. The quantitative estimate of drug-likeness (QED) is 0.378. The van der Waals surface area contributed by atoms with Gasteiger partial charge in [-0.2, -0.15) is 0 Å². The number of nitrogens with one attached hydrogen (secondary N) is 2. The zero-order chi connectivity index (χ0) is 19.8. The monoisotopic (exact) mass is 377 g/mol. The lowest BCUT2D eigenvalue weighted by Crippen LogP contribution is -2.05. The van der Waals surface area contributed by atoms with Crippen LogP contribution in [-0.4, -0.2) is 15.8 Å². The van der Waals surface area contributed by atoms with Gasteiger partial charge in [0.05, 0.1) is 5.52 Å². The Bertz CT molecular complexity index is 1370. The Kier molecular flexibility index (Phi) is 4.10. The molecule has 0 amide bonds. The number of nitrogens with zero attached hydrogens (tertiary/aromatic N) is 1. The fraction of sp³-hybridized carbons (Fsp3) is 0.0400. The highest BCUT2D eigenvalue weighted by atomic mass is 16.1. The van der Waals surface area contributed by atoms with Crippen LogP contribution in [0, 0.1) is 6.92 Å². The van der Waals surface area contributed by atoms with Gasteiger partial charge in [-0.3, -0.25) is 9.78 Å². The molecule has 5 aromatic rings. The number of ketones is 1. The van der Waals surface area contributed by atoms with E-state index in [0.29, 0.717) is 11.1 Å². The summed E-state index contributed by atoms with van der Waals surface area (Å²) in [4.78, 5) is 21.0. The zero-order valence-corrected chi connectivity index (χ0v) is 15.9. The Hall–Kier alpha value is -3.92. The Labute approximate surface area is 168 Å². The van der Waals surface area contributed by atoms with Crippen molar-refractivity contribution in [1.82, 2.24) is 9.97 Å². The van der Waals surface area contributed by atoms with Crippen LogP contribution in [0.1, 0.15) is 21.5 Å². The normalized spacial score (nSPS) is 11.1. The molecular formula is C25H19N3O. The molecule has 4 nitrogen and oxygen atoms in total. The van der Waals surface area contributed by atoms with Gasteiger partial charge < -0.3 is 10.3 Å². The molecule has 4 heteroatoms.